The van der Waals surface area contributed by atoms with Crippen molar-refractivity contribution in [2.75, 3.05) is 6.54 Å². The van der Waals surface area contributed by atoms with Gasteiger partial charge in [-0.05, 0) is 18.2 Å². The molecule has 1 amide bonds. The highest BCUT2D eigenvalue weighted by Crippen LogP contribution is 2.19. The molecule has 0 saturated heterocycles. The zero-order valence-electron chi connectivity index (χ0n) is 7.92. The van der Waals surface area contributed by atoms with Gasteiger partial charge in [0, 0.05) is 5.23 Å². The Morgan fingerprint density at radius 1 is 1.47 bits per heavy atom. The van der Waals surface area contributed by atoms with Gasteiger partial charge in [0.15, 0.2) is 5.75 Å². The zero-order chi connectivity index (χ0) is 10.7. The third kappa shape index (κ3) is 2.08. The Hall–Kier alpha value is -2.01. The van der Waals surface area contributed by atoms with Crippen molar-refractivity contribution in [2.24, 2.45) is 5.73 Å². The average Bonchev–Trinajstić information content (AvgIpc) is 2.71. The van der Waals surface area contributed by atoms with Crippen LogP contribution >= 0.6 is 0 Å². The molecule has 1 heterocycles. The molecule has 1 aliphatic rings. The summed E-state index contributed by atoms with van der Waals surface area (Å²) in [6.07, 6.45) is 3.29. The van der Waals surface area contributed by atoms with Crippen molar-refractivity contribution in [2.45, 2.75) is 0 Å². The van der Waals surface area contributed by atoms with Crippen LogP contribution < -0.4 is 10.6 Å². The fourth-order valence-corrected chi connectivity index (χ4v) is 1.20. The van der Waals surface area contributed by atoms with Crippen LogP contribution in [0.1, 0.15) is 10.4 Å². The normalized spacial score (nSPS) is 14.9. The highest BCUT2D eigenvalue weighted by atomic mass is 16.9. The molecule has 0 aliphatic carbocycles. The SMILES string of the molecule is NC(=O)c1ccccc1ON1CC=CO1. The molecule has 5 heteroatoms. The molecule has 0 bridgehead atoms. The predicted molar refractivity (Wildman–Crippen MR) is 52.5 cm³/mol. The lowest BCUT2D eigenvalue weighted by molar-refractivity contribution is -0.266. The van der Waals surface area contributed by atoms with Crippen molar-refractivity contribution in [1.29, 1.82) is 0 Å². The third-order valence-corrected chi connectivity index (χ3v) is 1.88. The second-order valence-corrected chi connectivity index (χ2v) is 2.94. The number of hydrogen-bond donors (Lipinski definition) is 1. The Morgan fingerprint density at radius 2 is 2.27 bits per heavy atom. The molecule has 1 aromatic carbocycles. The Labute approximate surface area is 86.6 Å². The van der Waals surface area contributed by atoms with Gasteiger partial charge in [0.1, 0.15) is 6.26 Å². The topological polar surface area (TPSA) is 64.8 Å². The molecule has 2 rings (SSSR count). The number of nitrogens with two attached hydrogens (primary N) is 1. The van der Waals surface area contributed by atoms with Crippen LogP contribution in [0.4, 0.5) is 0 Å². The van der Waals surface area contributed by atoms with Gasteiger partial charge in [-0.25, -0.2) is 0 Å². The van der Waals surface area contributed by atoms with Gasteiger partial charge in [-0.1, -0.05) is 12.1 Å². The van der Waals surface area contributed by atoms with Crippen LogP contribution in [0, 0.1) is 0 Å². The monoisotopic (exact) mass is 206 g/mol. The summed E-state index contributed by atoms with van der Waals surface area (Å²) in [4.78, 5) is 21.3. The zero-order valence-corrected chi connectivity index (χ0v) is 7.92. The highest BCUT2D eigenvalue weighted by molar-refractivity contribution is 5.95. The average molecular weight is 206 g/mol. The first-order chi connectivity index (χ1) is 7.27. The van der Waals surface area contributed by atoms with Crippen LogP contribution in [-0.4, -0.2) is 17.7 Å². The van der Waals surface area contributed by atoms with Crippen LogP contribution in [0.25, 0.3) is 0 Å². The van der Waals surface area contributed by atoms with Gasteiger partial charge in [-0.3, -0.25) is 4.79 Å². The predicted octanol–water partition coefficient (Wildman–Crippen LogP) is 0.840. The van der Waals surface area contributed by atoms with Crippen molar-refractivity contribution in [3.8, 4) is 5.75 Å². The van der Waals surface area contributed by atoms with E-state index in [1.165, 1.54) is 11.5 Å². The lowest BCUT2D eigenvalue weighted by atomic mass is 10.2. The number of carbonyl (C=O) groups excluding carboxylic acids is 1. The summed E-state index contributed by atoms with van der Waals surface area (Å²) < 4.78 is 0. The smallest absolute Gasteiger partial charge is 0.252 e. The van der Waals surface area contributed by atoms with E-state index in [0.29, 0.717) is 17.9 Å². The van der Waals surface area contributed by atoms with E-state index in [2.05, 4.69) is 0 Å². The maximum Gasteiger partial charge on any atom is 0.252 e. The number of hydrogen-bond acceptors (Lipinski definition) is 4. The molecule has 0 unspecified atom stereocenters. The highest BCUT2D eigenvalue weighted by Gasteiger charge is 2.14. The summed E-state index contributed by atoms with van der Waals surface area (Å²) in [5, 5.41) is 1.25. The van der Waals surface area contributed by atoms with Gasteiger partial charge in [-0.2, -0.15) is 0 Å². The van der Waals surface area contributed by atoms with Gasteiger partial charge in [0.05, 0.1) is 12.1 Å². The number of primary amides is 1. The quantitative estimate of drug-likeness (QED) is 0.795. The maximum absolute atomic E-state index is 11.1. The summed E-state index contributed by atoms with van der Waals surface area (Å²) in [7, 11) is 0. The van der Waals surface area contributed by atoms with Crippen LogP contribution in [0.3, 0.4) is 0 Å². The molecular weight excluding hydrogens is 196 g/mol. The number of rotatable bonds is 3. The van der Waals surface area contributed by atoms with E-state index in [1.54, 1.807) is 30.3 Å². The standard InChI is InChI=1S/C10H10N2O3/c11-10(13)8-4-1-2-5-9(8)15-12-6-3-7-14-12/h1-5,7H,6H2,(H2,11,13). The molecule has 1 aliphatic heterocycles. The lowest BCUT2D eigenvalue weighted by Crippen LogP contribution is -2.24. The Morgan fingerprint density at radius 3 is 2.93 bits per heavy atom. The van der Waals surface area contributed by atoms with E-state index < -0.39 is 5.91 Å². The molecule has 78 valence electrons. The molecule has 2 N–H and O–H groups in total. The van der Waals surface area contributed by atoms with E-state index in [1.807, 2.05) is 0 Å². The molecule has 0 atom stereocenters. The molecule has 0 saturated carbocycles. The van der Waals surface area contributed by atoms with Crippen molar-refractivity contribution >= 4 is 5.91 Å². The van der Waals surface area contributed by atoms with Gasteiger partial charge in [-0.15, -0.1) is 0 Å². The fourth-order valence-electron chi connectivity index (χ4n) is 1.20. The number of para-hydroxylation sites is 1. The molecule has 15 heavy (non-hydrogen) atoms. The first-order valence-corrected chi connectivity index (χ1v) is 4.43. The van der Waals surface area contributed by atoms with Crippen molar-refractivity contribution in [3.05, 3.63) is 42.2 Å². The minimum atomic E-state index is -0.530. The second kappa shape index (κ2) is 4.02. The molecule has 0 aromatic heterocycles. The second-order valence-electron chi connectivity index (χ2n) is 2.94. The molecular formula is C10H10N2O3. The summed E-state index contributed by atoms with van der Waals surface area (Å²) in [5.74, 6) is -0.147. The Bertz CT molecular complexity index is 395. The number of amides is 1. The first kappa shape index (κ1) is 9.54. The minimum Gasteiger partial charge on any atom is -0.379 e. The molecule has 0 radical (unpaired) electrons. The van der Waals surface area contributed by atoms with Gasteiger partial charge in [0.25, 0.3) is 5.91 Å². The minimum absolute atomic E-state index is 0.327. The maximum atomic E-state index is 11.1. The number of nitrogens with zero attached hydrogens (tertiary/aromatic N) is 1. The van der Waals surface area contributed by atoms with E-state index in [0.717, 1.165) is 0 Å². The first-order valence-electron chi connectivity index (χ1n) is 4.43. The van der Waals surface area contributed by atoms with Gasteiger partial charge < -0.3 is 15.4 Å². The van der Waals surface area contributed by atoms with E-state index in [-0.39, 0.29) is 0 Å². The summed E-state index contributed by atoms with van der Waals surface area (Å²) >= 11 is 0. The summed E-state index contributed by atoms with van der Waals surface area (Å²) in [6, 6.07) is 6.73. The van der Waals surface area contributed by atoms with Crippen molar-refractivity contribution < 1.29 is 14.5 Å². The number of hydroxylamine groups is 2. The van der Waals surface area contributed by atoms with Crippen molar-refractivity contribution in [3.63, 3.8) is 0 Å². The summed E-state index contributed by atoms with van der Waals surface area (Å²) in [5.41, 5.74) is 5.52. The fraction of sp³-hybridized carbons (Fsp3) is 0.100. The number of carbonyl (C=O) groups is 1. The van der Waals surface area contributed by atoms with Crippen LogP contribution in [0.2, 0.25) is 0 Å². The van der Waals surface area contributed by atoms with Crippen LogP contribution in [-0.2, 0) is 4.84 Å². The largest absolute Gasteiger partial charge is 0.379 e. The van der Waals surface area contributed by atoms with Gasteiger partial charge >= 0.3 is 0 Å². The molecule has 0 fully saturated rings. The molecule has 0 spiro atoms. The van der Waals surface area contributed by atoms with E-state index >= 15 is 0 Å². The van der Waals surface area contributed by atoms with E-state index in [4.69, 9.17) is 15.4 Å². The Balaban J connectivity index is 2.16. The molecule has 1 aromatic rings. The van der Waals surface area contributed by atoms with Crippen molar-refractivity contribution in [1.82, 2.24) is 5.23 Å². The van der Waals surface area contributed by atoms with Gasteiger partial charge in [0.2, 0.25) is 0 Å². The van der Waals surface area contributed by atoms with Crippen LogP contribution in [0.15, 0.2) is 36.6 Å². The third-order valence-electron chi connectivity index (χ3n) is 1.88. The van der Waals surface area contributed by atoms with E-state index in [9.17, 15) is 4.79 Å². The Kier molecular flexibility index (Phi) is 2.55. The number of benzene rings is 1. The van der Waals surface area contributed by atoms with Crippen LogP contribution in [0.5, 0.6) is 5.75 Å². The molecule has 5 nitrogen and oxygen atoms in total. The summed E-state index contributed by atoms with van der Waals surface area (Å²) in [6.45, 7) is 0.507. The lowest BCUT2D eigenvalue weighted by Gasteiger charge is -2.15.